The Morgan fingerprint density at radius 3 is 2.69 bits per heavy atom. The SMILES string of the molecule is Cc1nn(C)c(CNCC2CC(Cl)C2)c1Cl. The molecule has 1 saturated carbocycles. The minimum atomic E-state index is 0.398. The Morgan fingerprint density at radius 1 is 1.50 bits per heavy atom. The van der Waals surface area contributed by atoms with Gasteiger partial charge in [0.05, 0.1) is 16.4 Å². The van der Waals surface area contributed by atoms with Gasteiger partial charge in [-0.05, 0) is 32.2 Å². The van der Waals surface area contributed by atoms with Gasteiger partial charge in [-0.3, -0.25) is 4.68 Å². The highest BCUT2D eigenvalue weighted by Crippen LogP contribution is 2.31. The predicted octanol–water partition coefficient (Wildman–Crippen LogP) is 2.49. The molecule has 1 aromatic rings. The van der Waals surface area contributed by atoms with Gasteiger partial charge in [-0.25, -0.2) is 0 Å². The van der Waals surface area contributed by atoms with E-state index in [1.807, 2.05) is 18.7 Å². The van der Waals surface area contributed by atoms with E-state index in [-0.39, 0.29) is 0 Å². The molecule has 0 unspecified atom stereocenters. The maximum atomic E-state index is 6.16. The molecular formula is C11H17Cl2N3. The molecule has 1 aliphatic carbocycles. The van der Waals surface area contributed by atoms with Crippen LogP contribution in [0.5, 0.6) is 0 Å². The maximum Gasteiger partial charge on any atom is 0.0860 e. The topological polar surface area (TPSA) is 29.9 Å². The van der Waals surface area contributed by atoms with Crippen LogP contribution in [0.3, 0.4) is 0 Å². The zero-order chi connectivity index (χ0) is 11.7. The second-order valence-electron chi connectivity index (χ2n) is 4.54. The molecule has 1 aromatic heterocycles. The van der Waals surface area contributed by atoms with Crippen LogP contribution in [0.1, 0.15) is 24.2 Å². The van der Waals surface area contributed by atoms with Gasteiger partial charge in [0.25, 0.3) is 0 Å². The first-order valence-corrected chi connectivity index (χ1v) is 6.42. The first-order valence-electron chi connectivity index (χ1n) is 5.60. The van der Waals surface area contributed by atoms with Crippen molar-refractivity contribution in [3.63, 3.8) is 0 Å². The molecule has 16 heavy (non-hydrogen) atoms. The van der Waals surface area contributed by atoms with E-state index in [1.54, 1.807) is 0 Å². The fourth-order valence-corrected chi connectivity index (χ4v) is 2.82. The van der Waals surface area contributed by atoms with Gasteiger partial charge in [0.2, 0.25) is 0 Å². The van der Waals surface area contributed by atoms with Crippen LogP contribution in [-0.4, -0.2) is 21.7 Å². The number of alkyl halides is 1. The van der Waals surface area contributed by atoms with Crippen LogP contribution in [0, 0.1) is 12.8 Å². The molecule has 0 saturated heterocycles. The monoisotopic (exact) mass is 261 g/mol. The Balaban J connectivity index is 1.81. The molecule has 0 bridgehead atoms. The lowest BCUT2D eigenvalue weighted by molar-refractivity contribution is 0.307. The maximum absolute atomic E-state index is 6.16. The molecule has 1 heterocycles. The molecule has 1 aliphatic rings. The van der Waals surface area contributed by atoms with Gasteiger partial charge < -0.3 is 5.32 Å². The minimum Gasteiger partial charge on any atom is -0.311 e. The number of aromatic nitrogens is 2. The van der Waals surface area contributed by atoms with Gasteiger partial charge in [0.15, 0.2) is 0 Å². The first-order chi connectivity index (χ1) is 7.58. The summed E-state index contributed by atoms with van der Waals surface area (Å²) in [5.41, 5.74) is 1.95. The van der Waals surface area contributed by atoms with Gasteiger partial charge in [0, 0.05) is 19.0 Å². The van der Waals surface area contributed by atoms with Crippen molar-refractivity contribution in [3.8, 4) is 0 Å². The van der Waals surface area contributed by atoms with Crippen molar-refractivity contribution in [2.75, 3.05) is 6.54 Å². The van der Waals surface area contributed by atoms with Crippen LogP contribution in [0.15, 0.2) is 0 Å². The summed E-state index contributed by atoms with van der Waals surface area (Å²) in [6.45, 7) is 3.72. The van der Waals surface area contributed by atoms with Crippen LogP contribution in [0.4, 0.5) is 0 Å². The van der Waals surface area contributed by atoms with Crippen LogP contribution >= 0.6 is 23.2 Å². The summed E-state index contributed by atoms with van der Waals surface area (Å²) in [4.78, 5) is 0. The highest BCUT2D eigenvalue weighted by Gasteiger charge is 2.26. The summed E-state index contributed by atoms with van der Waals surface area (Å²) in [6, 6.07) is 0. The Kier molecular flexibility index (Phi) is 3.77. The Labute approximate surface area is 106 Å². The number of halogens is 2. The van der Waals surface area contributed by atoms with E-state index in [9.17, 15) is 0 Å². The third-order valence-corrected chi connectivity index (χ3v) is 4.01. The minimum absolute atomic E-state index is 0.398. The van der Waals surface area contributed by atoms with E-state index >= 15 is 0 Å². The lowest BCUT2D eigenvalue weighted by atomic mass is 9.85. The third-order valence-electron chi connectivity index (χ3n) is 3.17. The lowest BCUT2D eigenvalue weighted by Crippen LogP contribution is -2.33. The van der Waals surface area contributed by atoms with E-state index in [0.717, 1.165) is 48.3 Å². The zero-order valence-electron chi connectivity index (χ0n) is 9.63. The van der Waals surface area contributed by atoms with Crippen LogP contribution in [0.25, 0.3) is 0 Å². The number of hydrogen-bond acceptors (Lipinski definition) is 2. The number of rotatable bonds is 4. The van der Waals surface area contributed by atoms with Crippen molar-refractivity contribution in [2.24, 2.45) is 13.0 Å². The molecule has 0 amide bonds. The lowest BCUT2D eigenvalue weighted by Gasteiger charge is -2.30. The Hall–Kier alpha value is -0.250. The summed E-state index contributed by atoms with van der Waals surface area (Å²) < 4.78 is 1.84. The van der Waals surface area contributed by atoms with E-state index in [4.69, 9.17) is 23.2 Å². The largest absolute Gasteiger partial charge is 0.311 e. The molecule has 90 valence electrons. The highest BCUT2D eigenvalue weighted by atomic mass is 35.5. The average molecular weight is 262 g/mol. The highest BCUT2D eigenvalue weighted by molar-refractivity contribution is 6.31. The summed E-state index contributed by atoms with van der Waals surface area (Å²) in [7, 11) is 1.92. The van der Waals surface area contributed by atoms with Crippen LogP contribution < -0.4 is 5.32 Å². The average Bonchev–Trinajstić information content (AvgIpc) is 2.41. The van der Waals surface area contributed by atoms with Crippen molar-refractivity contribution < 1.29 is 0 Å². The quantitative estimate of drug-likeness (QED) is 0.845. The molecule has 1 fully saturated rings. The van der Waals surface area contributed by atoms with Gasteiger partial charge in [-0.2, -0.15) is 5.10 Å². The number of nitrogens with one attached hydrogen (secondary N) is 1. The van der Waals surface area contributed by atoms with Gasteiger partial charge in [-0.15, -0.1) is 11.6 Å². The summed E-state index contributed by atoms with van der Waals surface area (Å²) in [5, 5.41) is 8.87. The van der Waals surface area contributed by atoms with E-state index in [1.165, 1.54) is 0 Å². The van der Waals surface area contributed by atoms with Crippen molar-refractivity contribution >= 4 is 23.2 Å². The second kappa shape index (κ2) is 4.94. The predicted molar refractivity (Wildman–Crippen MR) is 67.0 cm³/mol. The fraction of sp³-hybridized carbons (Fsp3) is 0.727. The van der Waals surface area contributed by atoms with E-state index < -0.39 is 0 Å². The number of aryl methyl sites for hydroxylation is 2. The smallest absolute Gasteiger partial charge is 0.0860 e. The zero-order valence-corrected chi connectivity index (χ0v) is 11.1. The molecule has 0 radical (unpaired) electrons. The molecule has 0 aromatic carbocycles. The van der Waals surface area contributed by atoms with E-state index in [2.05, 4.69) is 10.4 Å². The molecular weight excluding hydrogens is 245 g/mol. The standard InChI is InChI=1S/C11H17Cl2N3/c1-7-11(13)10(16(2)15-7)6-14-5-8-3-9(12)4-8/h8-9,14H,3-6H2,1-2H3. The molecule has 0 spiro atoms. The van der Waals surface area contributed by atoms with Crippen LogP contribution in [-0.2, 0) is 13.6 Å². The number of nitrogens with zero attached hydrogens (tertiary/aromatic N) is 2. The van der Waals surface area contributed by atoms with E-state index in [0.29, 0.717) is 5.38 Å². The first kappa shape index (κ1) is 12.2. The number of hydrogen-bond donors (Lipinski definition) is 1. The van der Waals surface area contributed by atoms with Crippen molar-refractivity contribution in [1.82, 2.24) is 15.1 Å². The van der Waals surface area contributed by atoms with Gasteiger partial charge in [0.1, 0.15) is 0 Å². The van der Waals surface area contributed by atoms with Crippen molar-refractivity contribution in [3.05, 3.63) is 16.4 Å². The van der Waals surface area contributed by atoms with Crippen molar-refractivity contribution in [1.29, 1.82) is 0 Å². The molecule has 3 nitrogen and oxygen atoms in total. The van der Waals surface area contributed by atoms with Crippen LogP contribution in [0.2, 0.25) is 5.02 Å². The molecule has 1 N–H and O–H groups in total. The van der Waals surface area contributed by atoms with Gasteiger partial charge in [-0.1, -0.05) is 11.6 Å². The third kappa shape index (κ3) is 2.53. The normalized spacial score (nSPS) is 24.5. The summed E-state index contributed by atoms with van der Waals surface area (Å²) >= 11 is 12.1. The summed E-state index contributed by atoms with van der Waals surface area (Å²) in [5.74, 6) is 0.732. The Morgan fingerprint density at radius 2 is 2.19 bits per heavy atom. The molecule has 5 heteroatoms. The molecule has 0 atom stereocenters. The summed E-state index contributed by atoms with van der Waals surface area (Å²) in [6.07, 6.45) is 2.26. The Bertz CT molecular complexity index is 370. The van der Waals surface area contributed by atoms with Gasteiger partial charge >= 0.3 is 0 Å². The second-order valence-corrected chi connectivity index (χ2v) is 5.53. The molecule has 0 aliphatic heterocycles. The fourth-order valence-electron chi connectivity index (χ4n) is 2.09. The molecule has 2 rings (SSSR count). The van der Waals surface area contributed by atoms with Crippen molar-refractivity contribution in [2.45, 2.75) is 31.7 Å².